The SMILES string of the molecule is C=NC=C1CN(C(=O)NCC2CC2(C)CCN(CC)C(=O)CC(C)(C)COC)CC1=CC. The molecule has 0 bridgehead atoms. The van der Waals surface area contributed by atoms with Crippen LogP contribution >= 0.6 is 0 Å². The normalized spacial score (nSPS) is 25.3. The highest BCUT2D eigenvalue weighted by Gasteiger charge is 2.49. The number of hydrogen-bond donors (Lipinski definition) is 1. The lowest BCUT2D eigenvalue weighted by atomic mass is 9.89. The summed E-state index contributed by atoms with van der Waals surface area (Å²) >= 11 is 0. The molecule has 2 aliphatic rings. The van der Waals surface area contributed by atoms with Crippen molar-refractivity contribution >= 4 is 18.7 Å². The summed E-state index contributed by atoms with van der Waals surface area (Å²) in [6, 6.07) is -0.0307. The lowest BCUT2D eigenvalue weighted by molar-refractivity contribution is -0.134. The van der Waals surface area contributed by atoms with Crippen LogP contribution in [0.15, 0.2) is 28.4 Å². The number of hydrogen-bond acceptors (Lipinski definition) is 4. The van der Waals surface area contributed by atoms with E-state index in [1.165, 1.54) is 0 Å². The Labute approximate surface area is 194 Å². The Bertz CT molecular complexity index is 758. The minimum atomic E-state index is -0.158. The van der Waals surface area contributed by atoms with E-state index in [9.17, 15) is 9.59 Å². The van der Waals surface area contributed by atoms with E-state index in [0.717, 1.165) is 37.1 Å². The fourth-order valence-corrected chi connectivity index (χ4v) is 4.59. The van der Waals surface area contributed by atoms with Crippen molar-refractivity contribution in [2.45, 2.75) is 53.9 Å². The van der Waals surface area contributed by atoms with Gasteiger partial charge in [0.1, 0.15) is 0 Å². The van der Waals surface area contributed by atoms with Gasteiger partial charge in [0.15, 0.2) is 0 Å². The molecule has 2 rings (SSSR count). The number of nitrogens with one attached hydrogen (secondary N) is 1. The molecule has 2 fully saturated rings. The van der Waals surface area contributed by atoms with E-state index < -0.39 is 0 Å². The first-order chi connectivity index (χ1) is 15.1. The second kappa shape index (κ2) is 11.1. The van der Waals surface area contributed by atoms with Gasteiger partial charge in [-0.2, -0.15) is 0 Å². The van der Waals surface area contributed by atoms with E-state index in [-0.39, 0.29) is 22.8 Å². The van der Waals surface area contributed by atoms with Crippen LogP contribution in [0.4, 0.5) is 4.79 Å². The summed E-state index contributed by atoms with van der Waals surface area (Å²) in [4.78, 5) is 33.0. The lowest BCUT2D eigenvalue weighted by Gasteiger charge is -2.29. The van der Waals surface area contributed by atoms with Crippen molar-refractivity contribution < 1.29 is 14.3 Å². The predicted octanol–water partition coefficient (Wildman–Crippen LogP) is 3.87. The molecule has 0 aromatic rings. The van der Waals surface area contributed by atoms with E-state index in [1.54, 1.807) is 13.3 Å². The second-order valence-electron chi connectivity index (χ2n) is 10.2. The Kier molecular flexibility index (Phi) is 9.08. The molecule has 1 saturated heterocycles. The Morgan fingerprint density at radius 2 is 2.06 bits per heavy atom. The minimum absolute atomic E-state index is 0.0307. The largest absolute Gasteiger partial charge is 0.384 e. The maximum atomic E-state index is 12.8. The molecular weight excluding hydrogens is 404 g/mol. The zero-order chi connectivity index (χ0) is 23.9. The maximum Gasteiger partial charge on any atom is 0.318 e. The number of methoxy groups -OCH3 is 1. The van der Waals surface area contributed by atoms with Crippen LogP contribution in [0.2, 0.25) is 0 Å². The fourth-order valence-electron chi connectivity index (χ4n) is 4.59. The third-order valence-corrected chi connectivity index (χ3v) is 6.91. The van der Waals surface area contributed by atoms with Gasteiger partial charge in [-0.15, -0.1) is 0 Å². The van der Waals surface area contributed by atoms with E-state index >= 15 is 0 Å². The Balaban J connectivity index is 1.78. The van der Waals surface area contributed by atoms with Gasteiger partial charge in [-0.1, -0.05) is 26.8 Å². The Morgan fingerprint density at radius 1 is 1.38 bits per heavy atom. The molecule has 32 heavy (non-hydrogen) atoms. The third kappa shape index (κ3) is 6.92. The van der Waals surface area contributed by atoms with Crippen molar-refractivity contribution in [3.63, 3.8) is 0 Å². The summed E-state index contributed by atoms with van der Waals surface area (Å²) in [6.45, 7) is 17.8. The average Bonchev–Trinajstić information content (AvgIpc) is 3.18. The minimum Gasteiger partial charge on any atom is -0.384 e. The fraction of sp³-hybridized carbons (Fsp3) is 0.720. The number of amides is 3. The average molecular weight is 447 g/mol. The number of urea groups is 1. The number of nitrogens with zero attached hydrogens (tertiary/aromatic N) is 3. The highest BCUT2D eigenvalue weighted by Crippen LogP contribution is 2.54. The van der Waals surface area contributed by atoms with Crippen LogP contribution in [0, 0.1) is 16.7 Å². The number of carbonyl (C=O) groups excluding carboxylic acids is 2. The van der Waals surface area contributed by atoms with Crippen LogP contribution in [-0.2, 0) is 9.53 Å². The highest BCUT2D eigenvalue weighted by molar-refractivity contribution is 5.77. The van der Waals surface area contributed by atoms with Crippen LogP contribution in [0.3, 0.4) is 0 Å². The number of rotatable bonds is 11. The smallest absolute Gasteiger partial charge is 0.318 e. The van der Waals surface area contributed by atoms with Crippen LogP contribution < -0.4 is 5.32 Å². The molecule has 7 heteroatoms. The summed E-state index contributed by atoms with van der Waals surface area (Å²) in [5.74, 6) is 0.647. The number of likely N-dealkylation sites (tertiary alicyclic amines) is 1. The Hall–Kier alpha value is -2.15. The third-order valence-electron chi connectivity index (χ3n) is 6.91. The highest BCUT2D eigenvalue weighted by atomic mass is 16.5. The van der Waals surface area contributed by atoms with E-state index in [1.807, 2.05) is 29.7 Å². The molecule has 1 heterocycles. The van der Waals surface area contributed by atoms with Crippen molar-refractivity contribution in [2.75, 3.05) is 46.4 Å². The van der Waals surface area contributed by atoms with Crippen LogP contribution in [0.25, 0.3) is 0 Å². The van der Waals surface area contributed by atoms with Gasteiger partial charge < -0.3 is 19.9 Å². The zero-order valence-corrected chi connectivity index (χ0v) is 20.9. The number of ether oxygens (including phenoxy) is 1. The van der Waals surface area contributed by atoms with Crippen molar-refractivity contribution in [1.82, 2.24) is 15.1 Å². The number of carbonyl (C=O) groups is 2. The molecule has 180 valence electrons. The van der Waals surface area contributed by atoms with Gasteiger partial charge >= 0.3 is 6.03 Å². The molecule has 1 saturated carbocycles. The van der Waals surface area contributed by atoms with Crippen LogP contribution in [-0.4, -0.2) is 74.9 Å². The standard InChI is InChI=1S/C25H42N4O3/c1-8-19-16-29(17-20(19)14-26-6)23(31)27-15-21-12-25(21,5)10-11-28(9-2)22(30)13-24(3,4)18-32-7/h8,14,21H,6,9-13,15-18H2,1-5,7H3,(H,27,31). The molecule has 2 atom stereocenters. The monoisotopic (exact) mass is 446 g/mol. The molecule has 0 radical (unpaired) electrons. The van der Waals surface area contributed by atoms with Gasteiger partial charge in [0.05, 0.1) is 6.61 Å². The van der Waals surface area contributed by atoms with E-state index in [2.05, 4.69) is 37.8 Å². The summed E-state index contributed by atoms with van der Waals surface area (Å²) in [5.41, 5.74) is 2.20. The summed E-state index contributed by atoms with van der Waals surface area (Å²) in [5, 5.41) is 3.11. The second-order valence-corrected chi connectivity index (χ2v) is 10.2. The first kappa shape index (κ1) is 26.1. The molecule has 1 aliphatic heterocycles. The zero-order valence-electron chi connectivity index (χ0n) is 20.9. The molecular formula is C25H42N4O3. The first-order valence-electron chi connectivity index (χ1n) is 11.7. The molecule has 0 aromatic carbocycles. The molecule has 1 N–H and O–H groups in total. The molecule has 3 amide bonds. The molecule has 0 spiro atoms. The van der Waals surface area contributed by atoms with Gasteiger partial charge in [-0.3, -0.25) is 9.79 Å². The van der Waals surface area contributed by atoms with Gasteiger partial charge in [0.2, 0.25) is 5.91 Å². The van der Waals surface area contributed by atoms with Gasteiger partial charge in [0.25, 0.3) is 0 Å². The van der Waals surface area contributed by atoms with Crippen molar-refractivity contribution in [3.8, 4) is 0 Å². The molecule has 2 unspecified atom stereocenters. The lowest BCUT2D eigenvalue weighted by Crippen LogP contribution is -2.39. The Morgan fingerprint density at radius 3 is 2.66 bits per heavy atom. The van der Waals surface area contributed by atoms with Gasteiger partial charge in [-0.05, 0) is 61.3 Å². The van der Waals surface area contributed by atoms with Crippen molar-refractivity contribution in [2.24, 2.45) is 21.7 Å². The maximum absolute atomic E-state index is 12.8. The summed E-state index contributed by atoms with van der Waals surface area (Å²) in [6.07, 6.45) is 6.30. The summed E-state index contributed by atoms with van der Waals surface area (Å²) < 4.78 is 5.25. The quantitative estimate of drug-likeness (QED) is 0.490. The topological polar surface area (TPSA) is 74.2 Å². The van der Waals surface area contributed by atoms with Crippen molar-refractivity contribution in [3.05, 3.63) is 23.4 Å². The predicted molar refractivity (Wildman–Crippen MR) is 130 cm³/mol. The first-order valence-corrected chi connectivity index (χ1v) is 11.7. The van der Waals surface area contributed by atoms with Crippen LogP contribution in [0.5, 0.6) is 0 Å². The summed E-state index contributed by atoms with van der Waals surface area (Å²) in [7, 11) is 1.67. The van der Waals surface area contributed by atoms with Gasteiger partial charge in [0, 0.05) is 52.5 Å². The molecule has 1 aliphatic carbocycles. The van der Waals surface area contributed by atoms with Gasteiger partial charge in [-0.25, -0.2) is 4.79 Å². The number of allylic oxidation sites excluding steroid dienone is 1. The van der Waals surface area contributed by atoms with Crippen LogP contribution in [0.1, 0.15) is 53.9 Å². The van der Waals surface area contributed by atoms with E-state index in [0.29, 0.717) is 38.6 Å². The van der Waals surface area contributed by atoms with E-state index in [4.69, 9.17) is 4.74 Å². The number of aliphatic imine (C=N–C) groups is 1. The van der Waals surface area contributed by atoms with Crippen molar-refractivity contribution in [1.29, 1.82) is 0 Å². The molecule has 7 nitrogen and oxygen atoms in total. The molecule has 0 aromatic heterocycles.